The first kappa shape index (κ1) is 13.8. The largest absolute Gasteiger partial charge is 0.381 e. The van der Waals surface area contributed by atoms with E-state index in [1.54, 1.807) is 18.2 Å². The molecule has 0 saturated carbocycles. The molecule has 1 aliphatic heterocycles. The number of nitrogens with zero attached hydrogens (tertiary/aromatic N) is 2. The van der Waals surface area contributed by atoms with E-state index in [4.69, 9.17) is 38.2 Å². The van der Waals surface area contributed by atoms with Crippen LogP contribution in [0.3, 0.4) is 0 Å². The summed E-state index contributed by atoms with van der Waals surface area (Å²) >= 11 is 11.9. The lowest BCUT2D eigenvalue weighted by molar-refractivity contribution is 0.0400. The van der Waals surface area contributed by atoms with Crippen molar-refractivity contribution >= 4 is 23.2 Å². The second kappa shape index (κ2) is 5.33. The van der Waals surface area contributed by atoms with Gasteiger partial charge in [-0.25, -0.2) is 0 Å². The summed E-state index contributed by atoms with van der Waals surface area (Å²) in [4.78, 5) is 4.38. The summed E-state index contributed by atoms with van der Waals surface area (Å²) in [6.45, 7) is 1.19. The predicted octanol–water partition coefficient (Wildman–Crippen LogP) is 3.01. The molecule has 2 aromatic rings. The standard InChI is InChI=1S/C13H13Cl2N3O2/c14-9-5-8(6-10(15)7-9)11-17-12(20-18-11)13(16)1-3-19-4-2-13/h5-7H,1-4,16H2. The minimum Gasteiger partial charge on any atom is -0.381 e. The molecule has 0 spiro atoms. The van der Waals surface area contributed by atoms with E-state index in [-0.39, 0.29) is 0 Å². The summed E-state index contributed by atoms with van der Waals surface area (Å²) < 4.78 is 10.6. The molecule has 1 aromatic carbocycles. The van der Waals surface area contributed by atoms with Gasteiger partial charge in [0.05, 0.1) is 0 Å². The van der Waals surface area contributed by atoms with E-state index in [1.165, 1.54) is 0 Å². The Morgan fingerprint density at radius 2 is 1.75 bits per heavy atom. The van der Waals surface area contributed by atoms with Crippen LogP contribution in [-0.4, -0.2) is 23.4 Å². The summed E-state index contributed by atoms with van der Waals surface area (Å²) in [6.07, 6.45) is 1.32. The van der Waals surface area contributed by atoms with Gasteiger partial charge in [0.15, 0.2) is 0 Å². The number of halogens is 2. The molecule has 20 heavy (non-hydrogen) atoms. The number of ether oxygens (including phenoxy) is 1. The van der Waals surface area contributed by atoms with E-state index in [2.05, 4.69) is 10.1 Å². The van der Waals surface area contributed by atoms with Gasteiger partial charge >= 0.3 is 0 Å². The molecular formula is C13H13Cl2N3O2. The van der Waals surface area contributed by atoms with Gasteiger partial charge in [0, 0.05) is 28.8 Å². The van der Waals surface area contributed by atoms with Crippen LogP contribution in [0.25, 0.3) is 11.4 Å². The minimum absolute atomic E-state index is 0.423. The Hall–Kier alpha value is -1.14. The van der Waals surface area contributed by atoms with Crippen LogP contribution in [0.15, 0.2) is 22.7 Å². The molecule has 1 aliphatic rings. The van der Waals surface area contributed by atoms with Crippen LogP contribution in [0, 0.1) is 0 Å². The van der Waals surface area contributed by atoms with Gasteiger partial charge in [-0.1, -0.05) is 28.4 Å². The second-order valence-electron chi connectivity index (χ2n) is 4.85. The highest BCUT2D eigenvalue weighted by atomic mass is 35.5. The Bertz CT molecular complexity index is 604. The van der Waals surface area contributed by atoms with Crippen LogP contribution in [0.1, 0.15) is 18.7 Å². The van der Waals surface area contributed by atoms with Crippen molar-refractivity contribution in [1.82, 2.24) is 10.1 Å². The Balaban J connectivity index is 1.93. The average Bonchev–Trinajstić information content (AvgIpc) is 2.89. The Labute approximate surface area is 126 Å². The number of aromatic nitrogens is 2. The van der Waals surface area contributed by atoms with Gasteiger partial charge in [-0.15, -0.1) is 0 Å². The molecule has 1 aromatic heterocycles. The molecule has 5 nitrogen and oxygen atoms in total. The molecule has 1 fully saturated rings. The third kappa shape index (κ3) is 2.67. The molecular weight excluding hydrogens is 301 g/mol. The molecule has 0 atom stereocenters. The van der Waals surface area contributed by atoms with Crippen LogP contribution in [-0.2, 0) is 10.3 Å². The lowest BCUT2D eigenvalue weighted by Crippen LogP contribution is -2.42. The number of hydrogen-bond donors (Lipinski definition) is 1. The predicted molar refractivity (Wildman–Crippen MR) is 75.7 cm³/mol. The highest BCUT2D eigenvalue weighted by molar-refractivity contribution is 6.35. The third-order valence-electron chi connectivity index (χ3n) is 3.36. The first-order valence-electron chi connectivity index (χ1n) is 6.24. The SMILES string of the molecule is NC1(c2nc(-c3cc(Cl)cc(Cl)c3)no2)CCOCC1. The van der Waals surface area contributed by atoms with Crippen molar-refractivity contribution in [2.45, 2.75) is 18.4 Å². The van der Waals surface area contributed by atoms with E-state index in [0.29, 0.717) is 53.4 Å². The van der Waals surface area contributed by atoms with Crippen LogP contribution in [0.2, 0.25) is 10.0 Å². The topological polar surface area (TPSA) is 74.2 Å². The van der Waals surface area contributed by atoms with E-state index < -0.39 is 5.54 Å². The molecule has 7 heteroatoms. The lowest BCUT2D eigenvalue weighted by Gasteiger charge is -2.29. The smallest absolute Gasteiger partial charge is 0.247 e. The van der Waals surface area contributed by atoms with Gasteiger partial charge in [0.25, 0.3) is 0 Å². The highest BCUT2D eigenvalue weighted by Crippen LogP contribution is 2.31. The first-order chi connectivity index (χ1) is 9.57. The fraction of sp³-hybridized carbons (Fsp3) is 0.385. The Kier molecular flexibility index (Phi) is 3.69. The Morgan fingerprint density at radius 1 is 1.10 bits per heavy atom. The summed E-state index contributed by atoms with van der Waals surface area (Å²) in [5, 5.41) is 5.01. The van der Waals surface area contributed by atoms with Crippen molar-refractivity contribution in [3.63, 3.8) is 0 Å². The lowest BCUT2D eigenvalue weighted by atomic mass is 9.91. The molecule has 0 radical (unpaired) electrons. The molecule has 0 bridgehead atoms. The van der Waals surface area contributed by atoms with Crippen molar-refractivity contribution in [3.05, 3.63) is 34.1 Å². The van der Waals surface area contributed by atoms with Crippen LogP contribution in [0.5, 0.6) is 0 Å². The van der Waals surface area contributed by atoms with E-state index in [9.17, 15) is 0 Å². The van der Waals surface area contributed by atoms with Crippen LogP contribution in [0.4, 0.5) is 0 Å². The van der Waals surface area contributed by atoms with Gasteiger partial charge in [0.2, 0.25) is 11.7 Å². The van der Waals surface area contributed by atoms with Gasteiger partial charge < -0.3 is 15.0 Å². The summed E-state index contributed by atoms with van der Waals surface area (Å²) in [5.41, 5.74) is 6.39. The van der Waals surface area contributed by atoms with Crippen LogP contribution >= 0.6 is 23.2 Å². The fourth-order valence-corrected chi connectivity index (χ4v) is 2.70. The number of benzene rings is 1. The zero-order valence-corrected chi connectivity index (χ0v) is 12.1. The number of nitrogens with two attached hydrogens (primary N) is 1. The van der Waals surface area contributed by atoms with Gasteiger partial charge in [-0.3, -0.25) is 0 Å². The molecule has 0 unspecified atom stereocenters. The molecule has 2 N–H and O–H groups in total. The van der Waals surface area contributed by atoms with Crippen molar-refractivity contribution in [1.29, 1.82) is 0 Å². The van der Waals surface area contributed by atoms with Crippen molar-refractivity contribution in [2.75, 3.05) is 13.2 Å². The molecule has 1 saturated heterocycles. The summed E-state index contributed by atoms with van der Waals surface area (Å²) in [5.74, 6) is 0.854. The van der Waals surface area contributed by atoms with Crippen LogP contribution < -0.4 is 5.73 Å². The average molecular weight is 314 g/mol. The fourth-order valence-electron chi connectivity index (χ4n) is 2.18. The molecule has 0 aliphatic carbocycles. The quantitative estimate of drug-likeness (QED) is 0.922. The highest BCUT2D eigenvalue weighted by Gasteiger charge is 2.35. The monoisotopic (exact) mass is 313 g/mol. The van der Waals surface area contributed by atoms with Gasteiger partial charge in [-0.05, 0) is 31.0 Å². The third-order valence-corrected chi connectivity index (χ3v) is 3.79. The maximum absolute atomic E-state index is 6.30. The zero-order valence-electron chi connectivity index (χ0n) is 10.6. The Morgan fingerprint density at radius 3 is 2.40 bits per heavy atom. The number of rotatable bonds is 2. The second-order valence-corrected chi connectivity index (χ2v) is 5.72. The normalized spacial score (nSPS) is 18.1. The van der Waals surface area contributed by atoms with E-state index in [0.717, 1.165) is 0 Å². The van der Waals surface area contributed by atoms with Gasteiger partial charge in [-0.2, -0.15) is 4.98 Å². The summed E-state index contributed by atoms with van der Waals surface area (Å²) in [7, 11) is 0. The molecule has 106 valence electrons. The van der Waals surface area contributed by atoms with Crippen molar-refractivity contribution in [3.8, 4) is 11.4 Å². The maximum Gasteiger partial charge on any atom is 0.247 e. The number of hydrogen-bond acceptors (Lipinski definition) is 5. The van der Waals surface area contributed by atoms with Gasteiger partial charge in [0.1, 0.15) is 5.54 Å². The molecule has 3 rings (SSSR count). The molecule has 0 amide bonds. The van der Waals surface area contributed by atoms with E-state index in [1.807, 2.05) is 0 Å². The zero-order chi connectivity index (χ0) is 14.2. The maximum atomic E-state index is 6.30. The van der Waals surface area contributed by atoms with Crippen molar-refractivity contribution < 1.29 is 9.26 Å². The first-order valence-corrected chi connectivity index (χ1v) is 7.00. The van der Waals surface area contributed by atoms with E-state index >= 15 is 0 Å². The van der Waals surface area contributed by atoms with Crippen molar-refractivity contribution in [2.24, 2.45) is 5.73 Å². The molecule has 2 heterocycles. The minimum atomic E-state index is -0.619. The summed E-state index contributed by atoms with van der Waals surface area (Å²) in [6, 6.07) is 5.11.